The van der Waals surface area contributed by atoms with Crippen molar-refractivity contribution in [3.63, 3.8) is 0 Å². The molecule has 0 N–H and O–H groups in total. The summed E-state index contributed by atoms with van der Waals surface area (Å²) in [6, 6.07) is 170. The lowest BCUT2D eigenvalue weighted by Crippen LogP contribution is -2.17. The van der Waals surface area contributed by atoms with Crippen molar-refractivity contribution in [2.45, 2.75) is 37.6 Å². The molecule has 0 bridgehead atoms. The highest BCUT2D eigenvalue weighted by molar-refractivity contribution is 6.22. The van der Waals surface area contributed by atoms with E-state index in [-0.39, 0.29) is 0 Å². The minimum absolute atomic E-state index is 0.331. The van der Waals surface area contributed by atoms with Gasteiger partial charge in [0.2, 0.25) is 0 Å². The van der Waals surface area contributed by atoms with Crippen LogP contribution in [-0.4, -0.2) is 13.7 Å². The van der Waals surface area contributed by atoms with Gasteiger partial charge in [-0.3, -0.25) is 0 Å². The maximum absolute atomic E-state index is 2.72. The van der Waals surface area contributed by atoms with Crippen LogP contribution in [0, 0.1) is 0 Å². The number of hydrogen-bond acceptors (Lipinski definition) is 0. The number of aromatic nitrogens is 3. The van der Waals surface area contributed by atoms with E-state index in [0.29, 0.717) is 12.0 Å². The minimum Gasteiger partial charge on any atom is -0.337 e. The van der Waals surface area contributed by atoms with Crippen molar-refractivity contribution in [3.05, 3.63) is 461 Å². The third-order valence-corrected chi connectivity index (χ3v) is 27.1. The fourth-order valence-electron chi connectivity index (χ4n) is 20.8. The molecule has 1 fully saturated rings. The Balaban J connectivity index is 0.596. The summed E-state index contributed by atoms with van der Waals surface area (Å²) in [4.78, 5) is 0. The number of benzene rings is 20. The van der Waals surface area contributed by atoms with Crippen LogP contribution >= 0.6 is 0 Å². The molecule has 1 saturated carbocycles. The zero-order chi connectivity index (χ0) is 82.4. The number of hydrogen-bond donors (Lipinski definition) is 0. The normalized spacial score (nSPS) is 13.6. The predicted molar refractivity (Wildman–Crippen MR) is 530 cm³/mol. The van der Waals surface area contributed by atoms with E-state index in [1.54, 1.807) is 0 Å². The lowest BCUT2D eigenvalue weighted by molar-refractivity contribution is 0.335. The first-order valence-corrected chi connectivity index (χ1v) is 44.0. The first-order chi connectivity index (χ1) is 61.9. The maximum atomic E-state index is 2.72. The van der Waals surface area contributed by atoms with Gasteiger partial charge in [0.05, 0.1) is 22.1 Å². The molecule has 0 spiro atoms. The van der Waals surface area contributed by atoms with Crippen LogP contribution in [0.5, 0.6) is 0 Å². The average molecular weight is 1590 g/mol. The largest absolute Gasteiger partial charge is 0.337 e. The van der Waals surface area contributed by atoms with Crippen LogP contribution in [0.15, 0.2) is 455 Å². The molecule has 3 heterocycles. The Labute approximate surface area is 727 Å². The van der Waals surface area contributed by atoms with Crippen molar-refractivity contribution in [3.8, 4) is 134 Å². The Hall–Kier alpha value is -15.7. The van der Waals surface area contributed by atoms with Gasteiger partial charge in [0.25, 0.3) is 0 Å². The second kappa shape index (κ2) is 30.8. The summed E-state index contributed by atoms with van der Waals surface area (Å²) >= 11 is 0. The zero-order valence-corrected chi connectivity index (χ0v) is 69.1. The van der Waals surface area contributed by atoms with Gasteiger partial charge in [-0.05, 0) is 278 Å². The van der Waals surface area contributed by atoms with Gasteiger partial charge < -0.3 is 13.7 Å². The van der Waals surface area contributed by atoms with Crippen molar-refractivity contribution >= 4 is 87.0 Å². The monoisotopic (exact) mass is 1590 g/mol. The molecule has 588 valence electrons. The second-order valence-electron chi connectivity index (χ2n) is 34.1. The van der Waals surface area contributed by atoms with Crippen LogP contribution in [0.1, 0.15) is 43.2 Å². The van der Waals surface area contributed by atoms with Gasteiger partial charge in [0.1, 0.15) is 0 Å². The molecule has 20 aromatic carbocycles. The molecular formula is C122H85N3. The Bertz CT molecular complexity index is 7700. The fraction of sp³-hybridized carbons (Fsp3) is 0.0492. The van der Waals surface area contributed by atoms with Crippen LogP contribution in [-0.2, 0) is 0 Å². The van der Waals surface area contributed by atoms with E-state index in [4.69, 9.17) is 0 Å². The van der Waals surface area contributed by atoms with Gasteiger partial charge in [-0.2, -0.15) is 0 Å². The van der Waals surface area contributed by atoms with E-state index in [0.717, 1.165) is 37.1 Å². The standard InChI is InChI=1S/C122H85N3/c1-6-20-80(21-7-1)84-34-42-88(43-35-84)96-56-68-115-109(74-96)110-75-97(89-44-36-85(37-45-89)81-22-8-2-9-23-81)57-69-116(110)123(115)102-62-50-92(51-63-102)100-60-72-119-113(78-100)114-79-101(61-73-120(114)125(119)104-66-54-95(55-67-104)122-107-32-18-16-30-105(107)121(94-28-14-5-15-29-94)106-31-17-19-33-108(106)122)93-52-64-103(65-53-93)124-117-70-58-98(90-46-38-86(39-47-90)82-24-10-3-11-25-82)76-111(117)112-77-99(59-71-118(112)124)91-48-40-87(41-49-91)83-26-12-4-13-27-83/h1-51,54-63,66-79,93,103H,52-53,64-65H2. The van der Waals surface area contributed by atoms with E-state index in [1.165, 1.54) is 215 Å². The van der Waals surface area contributed by atoms with Crippen molar-refractivity contribution in [2.24, 2.45) is 0 Å². The van der Waals surface area contributed by atoms with Gasteiger partial charge in [0.15, 0.2) is 0 Å². The molecular weight excluding hydrogens is 1510 g/mol. The van der Waals surface area contributed by atoms with E-state index >= 15 is 0 Å². The number of rotatable bonds is 15. The summed E-state index contributed by atoms with van der Waals surface area (Å²) in [6.45, 7) is 0. The van der Waals surface area contributed by atoms with Crippen molar-refractivity contribution in [1.29, 1.82) is 0 Å². The predicted octanol–water partition coefficient (Wildman–Crippen LogP) is 33.5. The van der Waals surface area contributed by atoms with E-state index < -0.39 is 0 Å². The quantitative estimate of drug-likeness (QED) is 0.0909. The van der Waals surface area contributed by atoms with Gasteiger partial charge in [-0.1, -0.05) is 358 Å². The topological polar surface area (TPSA) is 14.8 Å². The summed E-state index contributed by atoms with van der Waals surface area (Å²) in [5, 5.41) is 12.6. The van der Waals surface area contributed by atoms with E-state index in [1.807, 2.05) is 0 Å². The molecule has 0 unspecified atom stereocenters. The Morgan fingerprint density at radius 2 is 0.360 bits per heavy atom. The molecule has 0 aliphatic heterocycles. The van der Waals surface area contributed by atoms with Crippen LogP contribution in [0.4, 0.5) is 0 Å². The number of nitrogens with zero attached hydrogens (tertiary/aromatic N) is 3. The SMILES string of the molecule is c1ccc(-c2ccc(-c3ccc4c(c3)c3cc(-c5ccc(-c6ccccc6)cc5)ccc3n4-c3ccc(-c4ccc5c(c4)c4cc(C6CCC(n7c8ccc(-c9ccc(-c%10ccccc%10)cc9)cc8c8cc(-c9ccc(-c%10ccccc%10)cc9)ccc87)CC6)ccc4n5-c4ccc(-c5c6ccccc6c(-c6ccccc6)c6ccccc56)cc4)cc3)cc2)cc1. The summed E-state index contributed by atoms with van der Waals surface area (Å²) in [5.74, 6) is 0.392. The van der Waals surface area contributed by atoms with Gasteiger partial charge >= 0.3 is 0 Å². The molecule has 1 aliphatic rings. The summed E-state index contributed by atoms with van der Waals surface area (Å²) in [5.41, 5.74) is 37.7. The molecule has 24 rings (SSSR count). The molecule has 0 radical (unpaired) electrons. The first kappa shape index (κ1) is 73.3. The lowest BCUT2D eigenvalue weighted by Gasteiger charge is -2.31. The fourth-order valence-corrected chi connectivity index (χ4v) is 20.8. The molecule has 3 nitrogen and oxygen atoms in total. The molecule has 3 aromatic heterocycles. The van der Waals surface area contributed by atoms with Crippen LogP contribution in [0.25, 0.3) is 221 Å². The molecule has 0 saturated heterocycles. The molecule has 1 aliphatic carbocycles. The summed E-state index contributed by atoms with van der Waals surface area (Å²) < 4.78 is 7.71. The highest BCUT2D eigenvalue weighted by atomic mass is 15.0. The summed E-state index contributed by atoms with van der Waals surface area (Å²) in [6.07, 6.45) is 4.32. The second-order valence-corrected chi connectivity index (χ2v) is 34.1. The third kappa shape index (κ3) is 13.0. The van der Waals surface area contributed by atoms with E-state index in [9.17, 15) is 0 Å². The molecule has 125 heavy (non-hydrogen) atoms. The zero-order valence-electron chi connectivity index (χ0n) is 69.1. The van der Waals surface area contributed by atoms with Gasteiger partial charge in [-0.25, -0.2) is 0 Å². The number of fused-ring (bicyclic) bond motifs is 11. The Morgan fingerprint density at radius 1 is 0.152 bits per heavy atom. The van der Waals surface area contributed by atoms with E-state index in [2.05, 4.69) is 469 Å². The molecule has 3 heteroatoms. The maximum Gasteiger partial charge on any atom is 0.0541 e. The minimum atomic E-state index is 0.331. The first-order valence-electron chi connectivity index (χ1n) is 44.0. The lowest BCUT2D eigenvalue weighted by atomic mass is 9.81. The smallest absolute Gasteiger partial charge is 0.0541 e. The van der Waals surface area contributed by atoms with Crippen molar-refractivity contribution in [1.82, 2.24) is 13.7 Å². The highest BCUT2D eigenvalue weighted by Gasteiger charge is 2.29. The Kier molecular flexibility index (Phi) is 18.0. The van der Waals surface area contributed by atoms with Crippen LogP contribution < -0.4 is 0 Å². The van der Waals surface area contributed by atoms with Crippen LogP contribution in [0.2, 0.25) is 0 Å². The van der Waals surface area contributed by atoms with Crippen LogP contribution in [0.3, 0.4) is 0 Å². The third-order valence-electron chi connectivity index (χ3n) is 27.1. The highest BCUT2D eigenvalue weighted by Crippen LogP contribution is 2.49. The van der Waals surface area contributed by atoms with Crippen molar-refractivity contribution < 1.29 is 0 Å². The van der Waals surface area contributed by atoms with Gasteiger partial charge in [0, 0.05) is 60.8 Å². The Morgan fingerprint density at radius 3 is 0.664 bits per heavy atom. The molecule has 23 aromatic rings. The summed E-state index contributed by atoms with van der Waals surface area (Å²) in [7, 11) is 0. The van der Waals surface area contributed by atoms with Crippen molar-refractivity contribution in [2.75, 3.05) is 0 Å². The average Bonchev–Trinajstić information content (AvgIpc) is 1.66. The molecule has 0 amide bonds. The molecule has 0 atom stereocenters. The van der Waals surface area contributed by atoms with Gasteiger partial charge in [-0.15, -0.1) is 0 Å².